The van der Waals surface area contributed by atoms with Crippen LogP contribution >= 0.6 is 0 Å². The molecule has 0 unspecified atom stereocenters. The van der Waals surface area contributed by atoms with Crippen molar-refractivity contribution in [1.82, 2.24) is 10.2 Å². The van der Waals surface area contributed by atoms with Gasteiger partial charge in [-0.15, -0.1) is 0 Å². The lowest BCUT2D eigenvalue weighted by Gasteiger charge is -2.40. The van der Waals surface area contributed by atoms with Gasteiger partial charge in [-0.25, -0.2) is 0 Å². The van der Waals surface area contributed by atoms with E-state index in [2.05, 4.69) is 10.2 Å². The summed E-state index contributed by atoms with van der Waals surface area (Å²) in [5.41, 5.74) is 0. The smallest absolute Gasteiger partial charge is 0.219 e. The average Bonchev–Trinajstić information content (AvgIpc) is 2.43. The summed E-state index contributed by atoms with van der Waals surface area (Å²) in [4.78, 5) is 13.7. The Labute approximate surface area is 122 Å². The van der Waals surface area contributed by atoms with Crippen LogP contribution in [-0.2, 0) is 14.3 Å². The lowest BCUT2D eigenvalue weighted by molar-refractivity contribution is -0.125. The molecule has 2 aliphatic rings. The second-order valence-corrected chi connectivity index (χ2v) is 5.88. The van der Waals surface area contributed by atoms with E-state index in [-0.39, 0.29) is 5.91 Å². The molecule has 1 heterocycles. The fraction of sp³-hybridized carbons (Fsp3) is 0.933. The first-order chi connectivity index (χ1) is 9.71. The van der Waals surface area contributed by atoms with Gasteiger partial charge in [-0.05, 0) is 25.7 Å². The molecular formula is C15H28N2O3. The minimum atomic E-state index is 0.153. The van der Waals surface area contributed by atoms with Crippen molar-refractivity contribution >= 4 is 5.91 Å². The summed E-state index contributed by atoms with van der Waals surface area (Å²) in [5, 5.41) is 3.02. The Morgan fingerprint density at radius 3 is 2.55 bits per heavy atom. The van der Waals surface area contributed by atoms with E-state index in [4.69, 9.17) is 9.47 Å². The van der Waals surface area contributed by atoms with E-state index in [1.54, 1.807) is 7.11 Å². The number of nitrogens with zero attached hydrogens (tertiary/aromatic N) is 1. The summed E-state index contributed by atoms with van der Waals surface area (Å²) >= 11 is 0. The number of nitrogens with one attached hydrogen (secondary N) is 1. The Bertz CT molecular complexity index is 297. The number of hydrogen-bond donors (Lipinski definition) is 1. The Kier molecular flexibility index (Phi) is 6.26. The lowest BCUT2D eigenvalue weighted by Crippen LogP contribution is -2.49. The van der Waals surface area contributed by atoms with Gasteiger partial charge in [0.15, 0.2) is 0 Å². The predicted molar refractivity (Wildman–Crippen MR) is 77.7 cm³/mol. The highest BCUT2D eigenvalue weighted by molar-refractivity contribution is 5.75. The van der Waals surface area contributed by atoms with Gasteiger partial charge < -0.3 is 19.7 Å². The first kappa shape index (κ1) is 15.7. The molecule has 1 saturated heterocycles. The second kappa shape index (κ2) is 7.96. The standard InChI is InChI=1S/C15H28N2O3/c1-3-15(18)16-12-10-14(11-12)20-13-4-6-17(7-5-13)8-9-19-2/h12-14H,3-11H2,1-2H3,(H,16,18)/t12-,14-. The summed E-state index contributed by atoms with van der Waals surface area (Å²) < 4.78 is 11.2. The molecule has 2 fully saturated rings. The van der Waals surface area contributed by atoms with Crippen molar-refractivity contribution in [2.75, 3.05) is 33.4 Å². The monoisotopic (exact) mass is 284 g/mol. The molecule has 5 heteroatoms. The van der Waals surface area contributed by atoms with Gasteiger partial charge in [-0.2, -0.15) is 0 Å². The third-order valence-corrected chi connectivity index (χ3v) is 4.31. The van der Waals surface area contributed by atoms with Crippen molar-refractivity contribution < 1.29 is 14.3 Å². The molecule has 1 saturated carbocycles. The highest BCUT2D eigenvalue weighted by Gasteiger charge is 2.33. The largest absolute Gasteiger partial charge is 0.383 e. The number of rotatable bonds is 7. The molecule has 2 rings (SSSR count). The van der Waals surface area contributed by atoms with E-state index in [0.29, 0.717) is 24.7 Å². The minimum Gasteiger partial charge on any atom is -0.383 e. The van der Waals surface area contributed by atoms with Crippen LogP contribution in [0.4, 0.5) is 0 Å². The maximum atomic E-state index is 11.3. The van der Waals surface area contributed by atoms with Gasteiger partial charge >= 0.3 is 0 Å². The summed E-state index contributed by atoms with van der Waals surface area (Å²) in [6.45, 7) is 5.94. The quantitative estimate of drug-likeness (QED) is 0.762. The van der Waals surface area contributed by atoms with Crippen molar-refractivity contribution in [3.8, 4) is 0 Å². The third kappa shape index (κ3) is 4.72. The molecule has 0 atom stereocenters. The average molecular weight is 284 g/mol. The number of piperidine rings is 1. The van der Waals surface area contributed by atoms with Gasteiger partial charge in [0, 0.05) is 39.2 Å². The lowest BCUT2D eigenvalue weighted by atomic mass is 9.88. The number of ether oxygens (including phenoxy) is 2. The Morgan fingerprint density at radius 1 is 1.25 bits per heavy atom. The normalized spacial score (nSPS) is 28.1. The molecule has 0 spiro atoms. The zero-order valence-corrected chi connectivity index (χ0v) is 12.8. The van der Waals surface area contributed by atoms with Gasteiger partial charge in [0.05, 0.1) is 18.8 Å². The number of carbonyl (C=O) groups excluding carboxylic acids is 1. The highest BCUT2D eigenvalue weighted by atomic mass is 16.5. The maximum absolute atomic E-state index is 11.3. The van der Waals surface area contributed by atoms with Crippen LogP contribution in [0, 0.1) is 0 Å². The molecule has 0 aromatic rings. The van der Waals surface area contributed by atoms with Crippen molar-refractivity contribution in [1.29, 1.82) is 0 Å². The Morgan fingerprint density at radius 2 is 1.95 bits per heavy atom. The molecule has 0 aromatic heterocycles. The van der Waals surface area contributed by atoms with E-state index in [0.717, 1.165) is 51.9 Å². The molecule has 1 N–H and O–H groups in total. The van der Waals surface area contributed by atoms with Crippen LogP contribution in [0.3, 0.4) is 0 Å². The van der Waals surface area contributed by atoms with E-state index < -0.39 is 0 Å². The molecule has 0 radical (unpaired) electrons. The van der Waals surface area contributed by atoms with Crippen LogP contribution in [0.15, 0.2) is 0 Å². The van der Waals surface area contributed by atoms with Crippen molar-refractivity contribution in [3.05, 3.63) is 0 Å². The van der Waals surface area contributed by atoms with Gasteiger partial charge in [0.2, 0.25) is 5.91 Å². The SMILES string of the molecule is CCC(=O)N[C@H]1C[C@H](OC2CCN(CCOC)CC2)C1. The molecule has 116 valence electrons. The predicted octanol–water partition coefficient (Wildman–Crippen LogP) is 1.17. The van der Waals surface area contributed by atoms with Gasteiger partial charge in [-0.1, -0.05) is 6.92 Å². The van der Waals surface area contributed by atoms with Crippen LogP contribution in [-0.4, -0.2) is 62.4 Å². The van der Waals surface area contributed by atoms with Crippen LogP contribution in [0.2, 0.25) is 0 Å². The van der Waals surface area contributed by atoms with Crippen LogP contribution < -0.4 is 5.32 Å². The Hall–Kier alpha value is -0.650. The summed E-state index contributed by atoms with van der Waals surface area (Å²) in [7, 11) is 1.75. The molecule has 1 aliphatic heterocycles. The topological polar surface area (TPSA) is 50.8 Å². The van der Waals surface area contributed by atoms with E-state index in [1.807, 2.05) is 6.92 Å². The van der Waals surface area contributed by atoms with Crippen LogP contribution in [0.5, 0.6) is 0 Å². The first-order valence-electron chi connectivity index (χ1n) is 7.87. The first-order valence-corrected chi connectivity index (χ1v) is 7.87. The third-order valence-electron chi connectivity index (χ3n) is 4.31. The van der Waals surface area contributed by atoms with Gasteiger partial charge in [0.1, 0.15) is 0 Å². The molecule has 1 aliphatic carbocycles. The second-order valence-electron chi connectivity index (χ2n) is 5.88. The van der Waals surface area contributed by atoms with E-state index in [9.17, 15) is 4.79 Å². The van der Waals surface area contributed by atoms with E-state index >= 15 is 0 Å². The van der Waals surface area contributed by atoms with Crippen molar-refractivity contribution in [2.24, 2.45) is 0 Å². The highest BCUT2D eigenvalue weighted by Crippen LogP contribution is 2.27. The fourth-order valence-corrected chi connectivity index (χ4v) is 2.89. The molecule has 0 aromatic carbocycles. The van der Waals surface area contributed by atoms with Crippen molar-refractivity contribution in [2.45, 2.75) is 57.3 Å². The molecule has 0 bridgehead atoms. The fourth-order valence-electron chi connectivity index (χ4n) is 2.89. The molecule has 5 nitrogen and oxygen atoms in total. The molecule has 20 heavy (non-hydrogen) atoms. The minimum absolute atomic E-state index is 0.153. The number of carbonyl (C=O) groups is 1. The summed E-state index contributed by atoms with van der Waals surface area (Å²) in [6.07, 6.45) is 5.53. The molecular weight excluding hydrogens is 256 g/mol. The Balaban J connectivity index is 1.55. The van der Waals surface area contributed by atoms with Crippen LogP contribution in [0.1, 0.15) is 39.0 Å². The number of hydrogen-bond acceptors (Lipinski definition) is 4. The van der Waals surface area contributed by atoms with E-state index in [1.165, 1.54) is 0 Å². The number of methoxy groups -OCH3 is 1. The van der Waals surface area contributed by atoms with Crippen LogP contribution in [0.25, 0.3) is 0 Å². The zero-order chi connectivity index (χ0) is 14.4. The summed E-state index contributed by atoms with van der Waals surface area (Å²) in [5.74, 6) is 0.153. The number of amides is 1. The maximum Gasteiger partial charge on any atom is 0.219 e. The zero-order valence-electron chi connectivity index (χ0n) is 12.8. The molecule has 1 amide bonds. The van der Waals surface area contributed by atoms with Gasteiger partial charge in [-0.3, -0.25) is 4.79 Å². The van der Waals surface area contributed by atoms with Gasteiger partial charge in [0.25, 0.3) is 0 Å². The van der Waals surface area contributed by atoms with Crippen molar-refractivity contribution in [3.63, 3.8) is 0 Å². The summed E-state index contributed by atoms with van der Waals surface area (Å²) in [6, 6.07) is 0.342. The number of likely N-dealkylation sites (tertiary alicyclic amines) is 1.